The third-order valence-electron chi connectivity index (χ3n) is 3.22. The molecular formula is C17H17BBrClO3. The Morgan fingerprint density at radius 2 is 2.04 bits per heavy atom. The van der Waals surface area contributed by atoms with Crippen LogP contribution in [0.15, 0.2) is 40.9 Å². The number of carbonyl (C=O) groups excluding carboxylic acids is 1. The highest BCUT2D eigenvalue weighted by molar-refractivity contribution is 9.10. The molecule has 0 saturated heterocycles. The average Bonchev–Trinajstić information content (AvgIpc) is 2.48. The number of hydrogen-bond donors (Lipinski definition) is 0. The van der Waals surface area contributed by atoms with Crippen molar-refractivity contribution in [3.8, 4) is 11.5 Å². The van der Waals surface area contributed by atoms with Gasteiger partial charge in [0.25, 0.3) is 0 Å². The summed E-state index contributed by atoms with van der Waals surface area (Å²) >= 11 is 9.60. The zero-order valence-electron chi connectivity index (χ0n) is 13.1. The van der Waals surface area contributed by atoms with Gasteiger partial charge in [-0.05, 0) is 54.4 Å². The van der Waals surface area contributed by atoms with Gasteiger partial charge in [-0.2, -0.15) is 0 Å². The van der Waals surface area contributed by atoms with Crippen LogP contribution in [0.25, 0.3) is 0 Å². The number of ether oxygens (including phenoxy) is 2. The van der Waals surface area contributed by atoms with Crippen LogP contribution in [0.5, 0.6) is 11.5 Å². The number of benzene rings is 2. The molecule has 23 heavy (non-hydrogen) atoms. The van der Waals surface area contributed by atoms with Crippen LogP contribution in [-0.2, 0) is 22.3 Å². The molecule has 0 aromatic heterocycles. The molecule has 2 aromatic rings. The van der Waals surface area contributed by atoms with E-state index in [4.69, 9.17) is 21.1 Å². The van der Waals surface area contributed by atoms with Gasteiger partial charge in [0.2, 0.25) is 0 Å². The molecule has 0 heterocycles. The van der Waals surface area contributed by atoms with Crippen molar-refractivity contribution in [1.82, 2.24) is 0 Å². The first kappa shape index (κ1) is 17.9. The van der Waals surface area contributed by atoms with Gasteiger partial charge in [0.1, 0.15) is 19.3 Å². The van der Waals surface area contributed by atoms with Crippen LogP contribution in [0.1, 0.15) is 18.1 Å². The van der Waals surface area contributed by atoms with Crippen LogP contribution >= 0.6 is 27.5 Å². The smallest absolute Gasteiger partial charge is 0.310 e. The first-order chi connectivity index (χ1) is 11.0. The first-order valence-corrected chi connectivity index (χ1v) is 8.60. The van der Waals surface area contributed by atoms with Gasteiger partial charge in [0, 0.05) is 9.50 Å². The monoisotopic (exact) mass is 394 g/mol. The minimum absolute atomic E-state index is 0.172. The van der Waals surface area contributed by atoms with Gasteiger partial charge in [0.15, 0.2) is 0 Å². The second-order valence-corrected chi connectivity index (χ2v) is 6.34. The minimum Gasteiger partial charge on any atom is -0.466 e. The zero-order valence-corrected chi connectivity index (χ0v) is 15.4. The Morgan fingerprint density at radius 1 is 1.26 bits per heavy atom. The Morgan fingerprint density at radius 3 is 2.74 bits per heavy atom. The molecule has 0 aliphatic rings. The summed E-state index contributed by atoms with van der Waals surface area (Å²) in [6, 6.07) is 11.2. The van der Waals surface area contributed by atoms with E-state index in [9.17, 15) is 4.79 Å². The summed E-state index contributed by atoms with van der Waals surface area (Å²) in [7, 11) is 2.07. The van der Waals surface area contributed by atoms with Gasteiger partial charge in [-0.1, -0.05) is 33.9 Å². The van der Waals surface area contributed by atoms with E-state index in [0.717, 1.165) is 27.7 Å². The topological polar surface area (TPSA) is 35.5 Å². The van der Waals surface area contributed by atoms with Crippen molar-refractivity contribution in [2.45, 2.75) is 19.7 Å². The molecule has 6 heteroatoms. The van der Waals surface area contributed by atoms with E-state index in [1.807, 2.05) is 24.3 Å². The Bertz CT molecular complexity index is 706. The van der Waals surface area contributed by atoms with Crippen molar-refractivity contribution in [3.63, 3.8) is 0 Å². The third-order valence-corrected chi connectivity index (χ3v) is 3.93. The summed E-state index contributed by atoms with van der Waals surface area (Å²) in [5.74, 6) is 1.10. The molecule has 0 amide bonds. The Labute approximate surface area is 150 Å². The summed E-state index contributed by atoms with van der Waals surface area (Å²) in [6.45, 7) is 2.14. The fourth-order valence-corrected chi connectivity index (χ4v) is 2.87. The molecule has 0 unspecified atom stereocenters. The van der Waals surface area contributed by atoms with E-state index in [-0.39, 0.29) is 12.4 Å². The van der Waals surface area contributed by atoms with Crippen LogP contribution in [-0.4, -0.2) is 20.4 Å². The highest BCUT2D eigenvalue weighted by Gasteiger charge is 2.09. The van der Waals surface area contributed by atoms with Gasteiger partial charge in [-0.15, -0.1) is 0 Å². The number of esters is 1. The number of halogens is 2. The lowest BCUT2D eigenvalue weighted by atomic mass is 9.96. The zero-order chi connectivity index (χ0) is 16.8. The molecule has 120 valence electrons. The van der Waals surface area contributed by atoms with E-state index < -0.39 is 0 Å². The maximum atomic E-state index is 11.6. The second-order valence-electron chi connectivity index (χ2n) is 4.98. The largest absolute Gasteiger partial charge is 0.466 e. The van der Waals surface area contributed by atoms with Crippen LogP contribution in [0, 0.1) is 0 Å². The number of carbonyl (C=O) groups is 1. The van der Waals surface area contributed by atoms with Gasteiger partial charge < -0.3 is 9.47 Å². The van der Waals surface area contributed by atoms with Crippen molar-refractivity contribution in [3.05, 3.63) is 57.0 Å². The molecule has 2 rings (SSSR count). The second kappa shape index (κ2) is 8.41. The summed E-state index contributed by atoms with van der Waals surface area (Å²) in [5, 5.41) is 0.525. The van der Waals surface area contributed by atoms with E-state index in [1.54, 1.807) is 19.1 Å². The predicted octanol–water partition coefficient (Wildman–Crippen LogP) is 4.13. The standard InChI is InChI=1S/C17H17BBrClO3/c1-2-22-17(21)7-11-5-14(20)9-15(6-11)23-16-4-3-13(19)8-12(16)10-18/h3-6,8-9H,2,7,10,18H2,1H3. The van der Waals surface area contributed by atoms with Gasteiger partial charge in [0.05, 0.1) is 13.0 Å². The Hall–Kier alpha value is -1.46. The third kappa shape index (κ3) is 5.29. The fourth-order valence-electron chi connectivity index (χ4n) is 2.21. The summed E-state index contributed by atoms with van der Waals surface area (Å²) < 4.78 is 11.9. The van der Waals surface area contributed by atoms with Crippen LogP contribution in [0.4, 0.5) is 0 Å². The average molecular weight is 395 g/mol. The van der Waals surface area contributed by atoms with Crippen molar-refractivity contribution >= 4 is 41.3 Å². The molecule has 0 aliphatic carbocycles. The molecule has 0 aliphatic heterocycles. The maximum absolute atomic E-state index is 11.6. The van der Waals surface area contributed by atoms with Crippen LogP contribution in [0.2, 0.25) is 5.02 Å². The molecular weight excluding hydrogens is 378 g/mol. The van der Waals surface area contributed by atoms with Crippen molar-refractivity contribution in [1.29, 1.82) is 0 Å². The molecule has 0 fully saturated rings. The lowest BCUT2D eigenvalue weighted by molar-refractivity contribution is -0.142. The predicted molar refractivity (Wildman–Crippen MR) is 98.3 cm³/mol. The normalized spacial score (nSPS) is 10.4. The fraction of sp³-hybridized carbons (Fsp3) is 0.235. The maximum Gasteiger partial charge on any atom is 0.310 e. The van der Waals surface area contributed by atoms with Crippen molar-refractivity contribution < 1.29 is 14.3 Å². The van der Waals surface area contributed by atoms with Gasteiger partial charge in [-0.25, -0.2) is 0 Å². The van der Waals surface area contributed by atoms with E-state index in [2.05, 4.69) is 23.8 Å². The molecule has 0 bridgehead atoms. The van der Waals surface area contributed by atoms with Crippen LogP contribution < -0.4 is 4.74 Å². The first-order valence-electron chi connectivity index (χ1n) is 7.43. The summed E-state index contributed by atoms with van der Waals surface area (Å²) in [6.07, 6.45) is 1.02. The van der Waals surface area contributed by atoms with E-state index in [1.165, 1.54) is 0 Å². The lowest BCUT2D eigenvalue weighted by Crippen LogP contribution is -2.07. The molecule has 2 aromatic carbocycles. The minimum atomic E-state index is -0.279. The Balaban J connectivity index is 2.23. The van der Waals surface area contributed by atoms with Crippen molar-refractivity contribution in [2.75, 3.05) is 6.61 Å². The molecule has 0 atom stereocenters. The van der Waals surface area contributed by atoms with Crippen LogP contribution in [0.3, 0.4) is 0 Å². The molecule has 0 spiro atoms. The molecule has 3 nitrogen and oxygen atoms in total. The molecule has 0 N–H and O–H groups in total. The highest BCUT2D eigenvalue weighted by atomic mass is 79.9. The van der Waals surface area contributed by atoms with Gasteiger partial charge >= 0.3 is 5.97 Å². The quantitative estimate of drug-likeness (QED) is 0.545. The number of hydrogen-bond acceptors (Lipinski definition) is 3. The van der Waals surface area contributed by atoms with E-state index in [0.29, 0.717) is 17.4 Å². The summed E-state index contributed by atoms with van der Waals surface area (Å²) in [4.78, 5) is 11.6. The molecule has 0 saturated carbocycles. The molecule has 0 radical (unpaired) electrons. The Kier molecular flexibility index (Phi) is 6.54. The number of rotatable bonds is 6. The summed E-state index contributed by atoms with van der Waals surface area (Å²) in [5.41, 5.74) is 1.85. The lowest BCUT2D eigenvalue weighted by Gasteiger charge is -2.12. The van der Waals surface area contributed by atoms with Crippen molar-refractivity contribution in [2.24, 2.45) is 0 Å². The highest BCUT2D eigenvalue weighted by Crippen LogP contribution is 2.30. The van der Waals surface area contributed by atoms with Gasteiger partial charge in [-0.3, -0.25) is 4.79 Å². The van der Waals surface area contributed by atoms with E-state index >= 15 is 0 Å². The SMILES string of the molecule is BCc1cc(Br)ccc1Oc1cc(Cl)cc(CC(=O)OCC)c1.